The van der Waals surface area contributed by atoms with Crippen LogP contribution in [0.4, 0.5) is 0 Å². The molecule has 3 heteroatoms. The number of para-hydroxylation sites is 1. The van der Waals surface area contributed by atoms with Gasteiger partial charge in [0.2, 0.25) is 5.91 Å². The van der Waals surface area contributed by atoms with E-state index in [-0.39, 0.29) is 11.3 Å². The van der Waals surface area contributed by atoms with Crippen LogP contribution in [-0.4, -0.2) is 16.9 Å². The number of benzene rings is 1. The number of rotatable bonds is 4. The van der Waals surface area contributed by atoms with Gasteiger partial charge in [-0.05, 0) is 54.1 Å². The maximum atomic E-state index is 12.5. The molecule has 1 heterocycles. The molecule has 128 valence electrons. The lowest BCUT2D eigenvalue weighted by molar-refractivity contribution is -0.122. The number of nitrogens with one attached hydrogen (secondary N) is 2. The first-order valence-electron chi connectivity index (χ1n) is 9.26. The van der Waals surface area contributed by atoms with E-state index in [0.717, 1.165) is 24.3 Å². The van der Waals surface area contributed by atoms with Gasteiger partial charge in [-0.1, -0.05) is 39.0 Å². The molecule has 0 unspecified atom stereocenters. The van der Waals surface area contributed by atoms with Gasteiger partial charge in [-0.15, -0.1) is 0 Å². The fraction of sp³-hybridized carbons (Fsp3) is 0.571. The molecule has 1 amide bonds. The molecular formula is C21H28N2O. The molecular weight excluding hydrogens is 296 g/mol. The fourth-order valence-corrected chi connectivity index (χ4v) is 5.28. The Morgan fingerprint density at radius 1 is 1.29 bits per heavy atom. The molecule has 1 aromatic carbocycles. The number of hydrogen-bond acceptors (Lipinski definition) is 1. The smallest absolute Gasteiger partial charge is 0.220 e. The first-order valence-corrected chi connectivity index (χ1v) is 9.26. The van der Waals surface area contributed by atoms with Gasteiger partial charge in [-0.3, -0.25) is 4.79 Å². The third-order valence-corrected chi connectivity index (χ3v) is 7.43. The number of aromatic amines is 1. The normalized spacial score (nSPS) is 30.8. The Balaban J connectivity index is 1.40. The number of amides is 1. The Kier molecular flexibility index (Phi) is 3.52. The average molecular weight is 324 g/mol. The van der Waals surface area contributed by atoms with Crippen LogP contribution in [0.2, 0.25) is 0 Å². The summed E-state index contributed by atoms with van der Waals surface area (Å²) < 4.78 is 0. The van der Waals surface area contributed by atoms with Gasteiger partial charge in [0.25, 0.3) is 0 Å². The van der Waals surface area contributed by atoms with Gasteiger partial charge in [-0.25, -0.2) is 0 Å². The van der Waals surface area contributed by atoms with Crippen LogP contribution in [-0.2, 0) is 11.2 Å². The van der Waals surface area contributed by atoms with E-state index < -0.39 is 0 Å². The van der Waals surface area contributed by atoms with Crippen molar-refractivity contribution in [3.8, 4) is 0 Å². The lowest BCUT2D eigenvalue weighted by atomic mass is 9.69. The van der Waals surface area contributed by atoms with Gasteiger partial charge in [0.15, 0.2) is 0 Å². The zero-order valence-electron chi connectivity index (χ0n) is 15.0. The van der Waals surface area contributed by atoms with Gasteiger partial charge in [0.05, 0.1) is 0 Å². The zero-order chi connectivity index (χ0) is 16.9. The quantitative estimate of drug-likeness (QED) is 0.858. The van der Waals surface area contributed by atoms with Gasteiger partial charge in [-0.2, -0.15) is 0 Å². The maximum Gasteiger partial charge on any atom is 0.220 e. The number of fused-ring (bicyclic) bond motifs is 3. The monoisotopic (exact) mass is 324 g/mol. The largest absolute Gasteiger partial charge is 0.361 e. The Morgan fingerprint density at radius 2 is 2.08 bits per heavy atom. The van der Waals surface area contributed by atoms with E-state index >= 15 is 0 Å². The van der Waals surface area contributed by atoms with E-state index in [1.807, 2.05) is 12.3 Å². The van der Waals surface area contributed by atoms with Crippen LogP contribution in [0.3, 0.4) is 0 Å². The van der Waals surface area contributed by atoms with Crippen molar-refractivity contribution in [2.45, 2.75) is 58.9 Å². The summed E-state index contributed by atoms with van der Waals surface area (Å²) in [6.45, 7) is 7.16. The molecule has 3 nitrogen and oxygen atoms in total. The third-order valence-electron chi connectivity index (χ3n) is 7.43. The van der Waals surface area contributed by atoms with Gasteiger partial charge in [0.1, 0.15) is 0 Å². The van der Waals surface area contributed by atoms with Crippen molar-refractivity contribution in [2.24, 2.45) is 16.7 Å². The molecule has 2 aromatic rings. The summed E-state index contributed by atoms with van der Waals surface area (Å²) in [5.74, 6) is 0.969. The van der Waals surface area contributed by atoms with Gasteiger partial charge >= 0.3 is 0 Å². The SMILES string of the molecule is CC1(C)[C@H]2CC[C@@]1(C)[C@H](NC(=O)CCc1c[nH]c3ccccc13)C2. The summed E-state index contributed by atoms with van der Waals surface area (Å²) in [4.78, 5) is 15.8. The van der Waals surface area contributed by atoms with Crippen LogP contribution in [0.1, 0.15) is 52.0 Å². The second-order valence-corrected chi connectivity index (χ2v) is 8.59. The van der Waals surface area contributed by atoms with Gasteiger partial charge < -0.3 is 10.3 Å². The first-order chi connectivity index (χ1) is 11.4. The molecule has 4 rings (SSSR count). The number of carbonyl (C=O) groups is 1. The molecule has 0 radical (unpaired) electrons. The number of aryl methyl sites for hydroxylation is 1. The maximum absolute atomic E-state index is 12.5. The van der Waals surface area contributed by atoms with Crippen LogP contribution in [0.25, 0.3) is 10.9 Å². The predicted molar refractivity (Wildman–Crippen MR) is 97.8 cm³/mol. The summed E-state index contributed by atoms with van der Waals surface area (Å²) in [6, 6.07) is 8.64. The van der Waals surface area contributed by atoms with Crippen LogP contribution >= 0.6 is 0 Å². The molecule has 2 fully saturated rings. The van der Waals surface area contributed by atoms with Crippen molar-refractivity contribution in [3.05, 3.63) is 36.0 Å². The third kappa shape index (κ3) is 2.21. The number of H-pyrrole nitrogens is 1. The van der Waals surface area contributed by atoms with E-state index in [9.17, 15) is 4.79 Å². The summed E-state index contributed by atoms with van der Waals surface area (Å²) in [6.07, 6.45) is 7.14. The van der Waals surface area contributed by atoms with Crippen molar-refractivity contribution < 1.29 is 4.79 Å². The van der Waals surface area contributed by atoms with Crippen LogP contribution in [0, 0.1) is 16.7 Å². The highest BCUT2D eigenvalue weighted by Crippen LogP contribution is 2.65. The van der Waals surface area contributed by atoms with Crippen molar-refractivity contribution >= 4 is 16.8 Å². The molecule has 0 saturated heterocycles. The zero-order valence-corrected chi connectivity index (χ0v) is 15.0. The van der Waals surface area contributed by atoms with E-state index in [1.165, 1.54) is 23.8 Å². The summed E-state index contributed by atoms with van der Waals surface area (Å²) >= 11 is 0. The van der Waals surface area contributed by atoms with Crippen molar-refractivity contribution in [3.63, 3.8) is 0 Å². The summed E-state index contributed by atoms with van der Waals surface area (Å²) in [7, 11) is 0. The average Bonchev–Trinajstić information content (AvgIpc) is 3.12. The number of carbonyl (C=O) groups excluding carboxylic acids is 1. The van der Waals surface area contributed by atoms with E-state index in [1.54, 1.807) is 0 Å². The van der Waals surface area contributed by atoms with E-state index in [2.05, 4.69) is 49.3 Å². The molecule has 24 heavy (non-hydrogen) atoms. The van der Waals surface area contributed by atoms with Crippen molar-refractivity contribution in [1.82, 2.24) is 10.3 Å². The van der Waals surface area contributed by atoms with E-state index in [0.29, 0.717) is 17.9 Å². The highest BCUT2D eigenvalue weighted by Gasteiger charge is 2.61. The summed E-state index contributed by atoms with van der Waals surface area (Å²) in [5, 5.41) is 4.60. The minimum absolute atomic E-state index is 0.204. The Labute approximate surface area is 144 Å². The van der Waals surface area contributed by atoms with Gasteiger partial charge in [0, 0.05) is 29.6 Å². The fourth-order valence-electron chi connectivity index (χ4n) is 5.28. The van der Waals surface area contributed by atoms with Crippen LogP contribution < -0.4 is 5.32 Å². The van der Waals surface area contributed by atoms with Crippen molar-refractivity contribution in [2.75, 3.05) is 0 Å². The molecule has 3 atom stereocenters. The summed E-state index contributed by atoms with van der Waals surface area (Å²) in [5.41, 5.74) is 2.99. The van der Waals surface area contributed by atoms with Crippen LogP contribution in [0.5, 0.6) is 0 Å². The van der Waals surface area contributed by atoms with Crippen LogP contribution in [0.15, 0.2) is 30.5 Å². The minimum atomic E-state index is 0.204. The highest BCUT2D eigenvalue weighted by atomic mass is 16.1. The van der Waals surface area contributed by atoms with Crippen molar-refractivity contribution in [1.29, 1.82) is 0 Å². The molecule has 2 aliphatic rings. The first kappa shape index (κ1) is 15.7. The number of aromatic nitrogens is 1. The highest BCUT2D eigenvalue weighted by molar-refractivity contribution is 5.84. The Bertz CT molecular complexity index is 775. The topological polar surface area (TPSA) is 44.9 Å². The Hall–Kier alpha value is -1.77. The minimum Gasteiger partial charge on any atom is -0.361 e. The lowest BCUT2D eigenvalue weighted by Gasteiger charge is -2.39. The second kappa shape index (κ2) is 5.37. The predicted octanol–water partition coefficient (Wildman–Crippen LogP) is 4.43. The molecule has 1 aromatic heterocycles. The molecule has 2 N–H and O–H groups in total. The Morgan fingerprint density at radius 3 is 2.79 bits per heavy atom. The molecule has 2 aliphatic carbocycles. The standard InChI is InChI=1S/C21H28N2O/c1-20(2)15-10-11-21(20,3)18(12-15)23-19(24)9-8-14-13-22-17-7-5-4-6-16(14)17/h4-7,13,15,18,22H,8-12H2,1-3H3,(H,23,24)/t15-,18+,21-/m0/s1. The second-order valence-electron chi connectivity index (χ2n) is 8.59. The molecule has 2 bridgehead atoms. The number of hydrogen-bond donors (Lipinski definition) is 2. The molecule has 0 spiro atoms. The molecule has 2 saturated carbocycles. The van der Waals surface area contributed by atoms with E-state index in [4.69, 9.17) is 0 Å². The lowest BCUT2D eigenvalue weighted by Crippen LogP contribution is -2.46. The molecule has 0 aliphatic heterocycles.